The molecule has 0 amide bonds. The number of aliphatic hydroxyl groups excluding tert-OH is 1. The normalized spacial score (nSPS) is 10.9. The summed E-state index contributed by atoms with van der Waals surface area (Å²) in [5, 5.41) is 8.80. The minimum absolute atomic E-state index is 0.282. The summed E-state index contributed by atoms with van der Waals surface area (Å²) < 4.78 is 0. The molecule has 0 atom stereocenters. The Morgan fingerprint density at radius 2 is 2.00 bits per heavy atom. The number of aliphatic hydroxyl groups is 1. The first kappa shape index (κ1) is 12.2. The summed E-state index contributed by atoms with van der Waals surface area (Å²) in [6, 6.07) is 8.48. The lowest BCUT2D eigenvalue weighted by molar-refractivity contribution is 0.225. The van der Waals surface area contributed by atoms with Gasteiger partial charge in [0.2, 0.25) is 0 Å². The first-order valence-electron chi connectivity index (χ1n) is 5.65. The van der Waals surface area contributed by atoms with Crippen molar-refractivity contribution in [3.05, 3.63) is 35.4 Å². The van der Waals surface area contributed by atoms with E-state index in [-0.39, 0.29) is 6.61 Å². The Balaban J connectivity index is 2.54. The molecule has 15 heavy (non-hydrogen) atoms. The fraction of sp³-hybridized carbons (Fsp3) is 0.538. The van der Waals surface area contributed by atoms with Crippen molar-refractivity contribution in [2.45, 2.75) is 26.8 Å². The second-order valence-electron chi connectivity index (χ2n) is 3.87. The van der Waals surface area contributed by atoms with Crippen LogP contribution in [0.1, 0.15) is 24.5 Å². The minimum Gasteiger partial charge on any atom is -0.396 e. The monoisotopic (exact) mass is 207 g/mol. The highest BCUT2D eigenvalue weighted by atomic mass is 16.3. The van der Waals surface area contributed by atoms with Gasteiger partial charge in [0.05, 0.1) is 0 Å². The van der Waals surface area contributed by atoms with Crippen molar-refractivity contribution in [1.29, 1.82) is 0 Å². The van der Waals surface area contributed by atoms with Crippen molar-refractivity contribution in [3.8, 4) is 0 Å². The van der Waals surface area contributed by atoms with E-state index in [0.717, 1.165) is 26.1 Å². The fourth-order valence-corrected chi connectivity index (χ4v) is 1.67. The lowest BCUT2D eigenvalue weighted by Crippen LogP contribution is -2.25. The summed E-state index contributed by atoms with van der Waals surface area (Å²) in [6.45, 7) is 7.59. The quantitative estimate of drug-likeness (QED) is 0.773. The van der Waals surface area contributed by atoms with Gasteiger partial charge >= 0.3 is 0 Å². The van der Waals surface area contributed by atoms with Gasteiger partial charge in [0.1, 0.15) is 0 Å². The molecule has 0 bridgehead atoms. The van der Waals surface area contributed by atoms with Gasteiger partial charge in [-0.25, -0.2) is 0 Å². The summed E-state index contributed by atoms with van der Waals surface area (Å²) in [7, 11) is 0. The lowest BCUT2D eigenvalue weighted by atomic mass is 10.1. The van der Waals surface area contributed by atoms with Crippen LogP contribution in [0.15, 0.2) is 24.3 Å². The van der Waals surface area contributed by atoms with Gasteiger partial charge in [-0.15, -0.1) is 0 Å². The van der Waals surface area contributed by atoms with E-state index in [2.05, 4.69) is 43.0 Å². The number of rotatable bonds is 6. The van der Waals surface area contributed by atoms with Gasteiger partial charge in [-0.2, -0.15) is 0 Å². The molecule has 84 valence electrons. The van der Waals surface area contributed by atoms with E-state index >= 15 is 0 Å². The molecule has 0 saturated heterocycles. The van der Waals surface area contributed by atoms with Crippen molar-refractivity contribution in [1.82, 2.24) is 4.90 Å². The molecule has 2 heteroatoms. The zero-order chi connectivity index (χ0) is 11.1. The zero-order valence-electron chi connectivity index (χ0n) is 9.74. The van der Waals surface area contributed by atoms with Crippen LogP contribution in [0.3, 0.4) is 0 Å². The van der Waals surface area contributed by atoms with Crippen molar-refractivity contribution in [2.24, 2.45) is 0 Å². The maximum Gasteiger partial charge on any atom is 0.0443 e. The number of aryl methyl sites for hydroxylation is 1. The second-order valence-corrected chi connectivity index (χ2v) is 3.87. The number of nitrogens with zero attached hydrogens (tertiary/aromatic N) is 1. The van der Waals surface area contributed by atoms with E-state index < -0.39 is 0 Å². The molecule has 0 aromatic heterocycles. The van der Waals surface area contributed by atoms with Crippen LogP contribution in [-0.4, -0.2) is 29.7 Å². The Morgan fingerprint density at radius 1 is 1.27 bits per heavy atom. The van der Waals surface area contributed by atoms with Crippen molar-refractivity contribution in [2.75, 3.05) is 19.7 Å². The standard InChI is InChI=1S/C13H21NO/c1-3-14(9-6-10-15)11-13-8-5-4-7-12(13)2/h4-5,7-8,15H,3,6,9-11H2,1-2H3. The van der Waals surface area contributed by atoms with Crippen molar-refractivity contribution >= 4 is 0 Å². The van der Waals surface area contributed by atoms with Crippen molar-refractivity contribution in [3.63, 3.8) is 0 Å². The topological polar surface area (TPSA) is 23.5 Å². The van der Waals surface area contributed by atoms with Crippen LogP contribution in [0.4, 0.5) is 0 Å². The highest BCUT2D eigenvalue weighted by Gasteiger charge is 2.04. The summed E-state index contributed by atoms with van der Waals surface area (Å²) in [5.74, 6) is 0. The maximum atomic E-state index is 8.80. The molecular weight excluding hydrogens is 186 g/mol. The molecule has 0 radical (unpaired) electrons. The molecule has 2 nitrogen and oxygen atoms in total. The van der Waals surface area contributed by atoms with Gasteiger partial charge in [-0.1, -0.05) is 31.2 Å². The molecule has 0 spiro atoms. The van der Waals surface area contributed by atoms with Crippen LogP contribution < -0.4 is 0 Å². The molecule has 0 saturated carbocycles. The number of benzene rings is 1. The molecule has 0 aliphatic carbocycles. The molecule has 1 aromatic rings. The average molecular weight is 207 g/mol. The second kappa shape index (κ2) is 6.59. The molecule has 1 rings (SSSR count). The van der Waals surface area contributed by atoms with Crippen LogP contribution >= 0.6 is 0 Å². The Bertz CT molecular complexity index is 286. The highest BCUT2D eigenvalue weighted by molar-refractivity contribution is 5.25. The van der Waals surface area contributed by atoms with Gasteiger partial charge < -0.3 is 5.11 Å². The summed E-state index contributed by atoms with van der Waals surface area (Å²) in [6.07, 6.45) is 0.861. The molecule has 0 aliphatic rings. The zero-order valence-corrected chi connectivity index (χ0v) is 9.74. The molecule has 0 fully saturated rings. The van der Waals surface area contributed by atoms with E-state index in [4.69, 9.17) is 5.11 Å². The van der Waals surface area contributed by atoms with E-state index in [1.54, 1.807) is 0 Å². The third-order valence-corrected chi connectivity index (χ3v) is 2.73. The Labute approximate surface area is 92.5 Å². The third kappa shape index (κ3) is 4.02. The van der Waals surface area contributed by atoms with Crippen molar-refractivity contribution < 1.29 is 5.11 Å². The fourth-order valence-electron chi connectivity index (χ4n) is 1.67. The van der Waals surface area contributed by atoms with Gasteiger partial charge in [0.15, 0.2) is 0 Å². The number of hydrogen-bond acceptors (Lipinski definition) is 2. The molecular formula is C13H21NO. The lowest BCUT2D eigenvalue weighted by Gasteiger charge is -2.20. The molecule has 0 unspecified atom stereocenters. The Morgan fingerprint density at radius 3 is 2.60 bits per heavy atom. The molecule has 1 aromatic carbocycles. The van der Waals surface area contributed by atoms with Gasteiger partial charge in [-0.05, 0) is 31.0 Å². The van der Waals surface area contributed by atoms with E-state index in [1.807, 2.05) is 0 Å². The number of hydrogen-bond donors (Lipinski definition) is 1. The van der Waals surface area contributed by atoms with E-state index in [9.17, 15) is 0 Å². The predicted octanol–water partition coefficient (Wildman–Crippen LogP) is 2.20. The van der Waals surface area contributed by atoms with E-state index in [0.29, 0.717) is 0 Å². The molecule has 0 heterocycles. The summed E-state index contributed by atoms with van der Waals surface area (Å²) in [5.41, 5.74) is 2.73. The van der Waals surface area contributed by atoms with Gasteiger partial charge in [0, 0.05) is 19.7 Å². The minimum atomic E-state index is 0.282. The SMILES string of the molecule is CCN(CCCO)Cc1ccccc1C. The summed E-state index contributed by atoms with van der Waals surface area (Å²) >= 11 is 0. The smallest absolute Gasteiger partial charge is 0.0443 e. The Kier molecular flexibility index (Phi) is 5.37. The molecule has 1 N–H and O–H groups in total. The molecule has 0 aliphatic heterocycles. The van der Waals surface area contributed by atoms with Crippen LogP contribution in [0.25, 0.3) is 0 Å². The maximum absolute atomic E-state index is 8.80. The van der Waals surface area contributed by atoms with Gasteiger partial charge in [-0.3, -0.25) is 4.90 Å². The first-order valence-corrected chi connectivity index (χ1v) is 5.65. The van der Waals surface area contributed by atoms with Gasteiger partial charge in [0.25, 0.3) is 0 Å². The summed E-state index contributed by atoms with van der Waals surface area (Å²) in [4.78, 5) is 2.36. The van der Waals surface area contributed by atoms with Crippen LogP contribution in [0, 0.1) is 6.92 Å². The first-order chi connectivity index (χ1) is 7.27. The van der Waals surface area contributed by atoms with Crippen LogP contribution in [0.5, 0.6) is 0 Å². The average Bonchev–Trinajstić information content (AvgIpc) is 2.26. The third-order valence-electron chi connectivity index (χ3n) is 2.73. The highest BCUT2D eigenvalue weighted by Crippen LogP contribution is 2.10. The van der Waals surface area contributed by atoms with E-state index in [1.165, 1.54) is 11.1 Å². The largest absolute Gasteiger partial charge is 0.396 e. The van der Waals surface area contributed by atoms with Crippen LogP contribution in [-0.2, 0) is 6.54 Å². The Hall–Kier alpha value is -0.860. The van der Waals surface area contributed by atoms with Crippen LogP contribution in [0.2, 0.25) is 0 Å². The predicted molar refractivity (Wildman–Crippen MR) is 63.8 cm³/mol.